The maximum Gasteiger partial charge on any atom is 0.345 e. The Balaban J connectivity index is 1.44. The van der Waals surface area contributed by atoms with Crippen molar-refractivity contribution in [3.63, 3.8) is 0 Å². The van der Waals surface area contributed by atoms with Crippen LogP contribution in [-0.4, -0.2) is 47.2 Å². The van der Waals surface area contributed by atoms with Crippen molar-refractivity contribution in [1.82, 2.24) is 9.97 Å². The molecule has 0 spiro atoms. The first-order chi connectivity index (χ1) is 18.4. The second kappa shape index (κ2) is 11.6. The normalized spacial score (nSPS) is 16.2. The molecule has 1 N–H and O–H groups in total. The van der Waals surface area contributed by atoms with Gasteiger partial charge >= 0.3 is 5.97 Å². The zero-order chi connectivity index (χ0) is 26.6. The highest BCUT2D eigenvalue weighted by atomic mass is 79.9. The van der Waals surface area contributed by atoms with E-state index < -0.39 is 17.9 Å². The SMILES string of the molecule is COc1cc(-c2sc3ncnc(O[C@H](Cc4ccccc4OC4CCCCO4)C(=O)O)c3c2Br)ccc1F. The molecule has 1 saturated heterocycles. The maximum atomic E-state index is 14.0. The summed E-state index contributed by atoms with van der Waals surface area (Å²) in [4.78, 5) is 22.2. The van der Waals surface area contributed by atoms with Crippen LogP contribution in [0.3, 0.4) is 0 Å². The molecular weight excluding hydrogens is 579 g/mol. The van der Waals surface area contributed by atoms with E-state index >= 15 is 0 Å². The molecule has 8 nitrogen and oxygen atoms in total. The van der Waals surface area contributed by atoms with Crippen LogP contribution in [-0.2, 0) is 16.0 Å². The Hall–Kier alpha value is -3.28. The molecule has 0 aliphatic carbocycles. The first-order valence-corrected chi connectivity index (χ1v) is 13.6. The number of halogens is 2. The molecule has 1 aliphatic heterocycles. The summed E-state index contributed by atoms with van der Waals surface area (Å²) in [5.74, 6) is -0.817. The largest absolute Gasteiger partial charge is 0.494 e. The molecule has 5 rings (SSSR count). The average Bonchev–Trinajstić information content (AvgIpc) is 3.27. The molecule has 3 heterocycles. The number of aromatic nitrogens is 2. The Morgan fingerprint density at radius 2 is 2.08 bits per heavy atom. The van der Waals surface area contributed by atoms with Crippen molar-refractivity contribution < 1.29 is 33.2 Å². The highest BCUT2D eigenvalue weighted by molar-refractivity contribution is 9.10. The fraction of sp³-hybridized carbons (Fsp3) is 0.296. The molecule has 0 bridgehead atoms. The Morgan fingerprint density at radius 3 is 2.84 bits per heavy atom. The fourth-order valence-corrected chi connectivity index (χ4v) is 6.18. The number of aliphatic carboxylic acids is 1. The van der Waals surface area contributed by atoms with E-state index in [0.717, 1.165) is 24.1 Å². The van der Waals surface area contributed by atoms with E-state index in [4.69, 9.17) is 18.9 Å². The molecule has 1 aliphatic rings. The molecule has 4 aromatic rings. The first-order valence-electron chi connectivity index (χ1n) is 12.0. The number of thiophene rings is 1. The second-order valence-corrected chi connectivity index (χ2v) is 10.4. The van der Waals surface area contributed by atoms with E-state index in [2.05, 4.69) is 25.9 Å². The van der Waals surface area contributed by atoms with Gasteiger partial charge in [0, 0.05) is 12.8 Å². The number of methoxy groups -OCH3 is 1. The lowest BCUT2D eigenvalue weighted by Gasteiger charge is -2.25. The number of para-hydroxylation sites is 1. The molecule has 0 saturated carbocycles. The third kappa shape index (κ3) is 5.59. The van der Waals surface area contributed by atoms with Gasteiger partial charge in [0.2, 0.25) is 12.0 Å². The summed E-state index contributed by atoms with van der Waals surface area (Å²) in [7, 11) is 1.40. The Bertz CT molecular complexity index is 1460. The van der Waals surface area contributed by atoms with Gasteiger partial charge < -0.3 is 24.1 Å². The van der Waals surface area contributed by atoms with Gasteiger partial charge in [-0.05, 0) is 58.1 Å². The van der Waals surface area contributed by atoms with E-state index in [9.17, 15) is 14.3 Å². The average molecular weight is 603 g/mol. The minimum atomic E-state index is -1.24. The third-order valence-electron chi connectivity index (χ3n) is 6.11. The van der Waals surface area contributed by atoms with Gasteiger partial charge in [-0.2, -0.15) is 0 Å². The lowest BCUT2D eigenvalue weighted by Crippen LogP contribution is -2.30. The molecule has 0 radical (unpaired) electrons. The number of carboxylic acids is 1. The van der Waals surface area contributed by atoms with Crippen molar-refractivity contribution in [2.45, 2.75) is 38.1 Å². The van der Waals surface area contributed by atoms with Crippen molar-refractivity contribution in [1.29, 1.82) is 0 Å². The van der Waals surface area contributed by atoms with Gasteiger partial charge in [0.05, 0.1) is 28.5 Å². The van der Waals surface area contributed by atoms with Crippen molar-refractivity contribution in [2.24, 2.45) is 0 Å². The summed E-state index contributed by atoms with van der Waals surface area (Å²) >= 11 is 4.94. The van der Waals surface area contributed by atoms with Crippen molar-refractivity contribution >= 4 is 43.5 Å². The van der Waals surface area contributed by atoms with Gasteiger partial charge in [-0.25, -0.2) is 19.2 Å². The molecule has 2 atom stereocenters. The molecule has 2 aromatic heterocycles. The maximum absolute atomic E-state index is 14.0. The fourth-order valence-electron chi connectivity index (χ4n) is 4.20. The molecular formula is C27H24BrFN2O6S. The summed E-state index contributed by atoms with van der Waals surface area (Å²) in [5, 5.41) is 10.6. The summed E-state index contributed by atoms with van der Waals surface area (Å²) < 4.78 is 37.4. The molecule has 1 fully saturated rings. The predicted octanol–water partition coefficient (Wildman–Crippen LogP) is 6.25. The van der Waals surface area contributed by atoms with E-state index in [1.165, 1.54) is 30.8 Å². The lowest BCUT2D eigenvalue weighted by molar-refractivity contribution is -0.145. The van der Waals surface area contributed by atoms with Crippen molar-refractivity contribution in [2.75, 3.05) is 13.7 Å². The van der Waals surface area contributed by atoms with Gasteiger partial charge in [-0.1, -0.05) is 24.3 Å². The van der Waals surface area contributed by atoms with Gasteiger partial charge in [0.15, 0.2) is 17.9 Å². The predicted molar refractivity (Wildman–Crippen MR) is 143 cm³/mol. The smallest absolute Gasteiger partial charge is 0.345 e. The van der Waals surface area contributed by atoms with E-state index in [1.807, 2.05) is 18.2 Å². The Labute approximate surface area is 230 Å². The number of benzene rings is 2. The van der Waals surface area contributed by atoms with Crippen LogP contribution < -0.4 is 14.2 Å². The summed E-state index contributed by atoms with van der Waals surface area (Å²) in [6.07, 6.45) is 2.56. The van der Waals surface area contributed by atoms with E-state index in [-0.39, 0.29) is 24.3 Å². The topological polar surface area (TPSA) is 100 Å². The van der Waals surface area contributed by atoms with E-state index in [0.29, 0.717) is 38.2 Å². The van der Waals surface area contributed by atoms with Crippen LogP contribution in [0.4, 0.5) is 4.39 Å². The van der Waals surface area contributed by atoms with E-state index in [1.54, 1.807) is 18.2 Å². The standard InChI is InChI=1S/C27H24BrFN2O6S/c1-34-19-13-16(9-10-17(19)29)24-23(28)22-25(30-14-31-26(22)38-24)37-20(27(32)33)12-15-6-2-3-7-18(15)36-21-8-4-5-11-35-21/h2-3,6-7,9-10,13-14,20-21H,4-5,8,11-12H2,1H3,(H,32,33)/t20-,21?/m1/s1. The van der Waals surface area contributed by atoms with Crippen LogP contribution >= 0.6 is 27.3 Å². The number of ether oxygens (including phenoxy) is 4. The molecule has 2 aromatic carbocycles. The minimum Gasteiger partial charge on any atom is -0.494 e. The lowest BCUT2D eigenvalue weighted by atomic mass is 10.1. The Kier molecular flexibility index (Phi) is 8.06. The monoisotopic (exact) mass is 602 g/mol. The summed E-state index contributed by atoms with van der Waals surface area (Å²) in [6, 6.07) is 11.8. The van der Waals surface area contributed by atoms with Crippen LogP contribution in [0.15, 0.2) is 53.3 Å². The molecule has 1 unspecified atom stereocenters. The number of nitrogens with zero attached hydrogens (tertiary/aromatic N) is 2. The van der Waals surface area contributed by atoms with Gasteiger partial charge in [-0.3, -0.25) is 0 Å². The zero-order valence-corrected chi connectivity index (χ0v) is 22.8. The second-order valence-electron chi connectivity index (χ2n) is 8.62. The summed E-state index contributed by atoms with van der Waals surface area (Å²) in [6.45, 7) is 0.639. The third-order valence-corrected chi connectivity index (χ3v) is 8.31. The molecule has 0 amide bonds. The van der Waals surface area contributed by atoms with Crippen LogP contribution in [0.2, 0.25) is 0 Å². The van der Waals surface area contributed by atoms with Crippen LogP contribution in [0, 0.1) is 5.82 Å². The highest BCUT2D eigenvalue weighted by Crippen LogP contribution is 2.45. The van der Waals surface area contributed by atoms with Gasteiger partial charge in [0.1, 0.15) is 16.9 Å². The van der Waals surface area contributed by atoms with Crippen LogP contribution in [0.1, 0.15) is 24.8 Å². The number of fused-ring (bicyclic) bond motifs is 1. The van der Waals surface area contributed by atoms with Gasteiger partial charge in [-0.15, -0.1) is 11.3 Å². The number of carboxylic acid groups (broad SMARTS) is 1. The quantitative estimate of drug-likeness (QED) is 0.240. The number of hydrogen-bond acceptors (Lipinski definition) is 8. The highest BCUT2D eigenvalue weighted by Gasteiger charge is 2.27. The molecule has 198 valence electrons. The van der Waals surface area contributed by atoms with Gasteiger partial charge in [0.25, 0.3) is 0 Å². The summed E-state index contributed by atoms with van der Waals surface area (Å²) in [5.41, 5.74) is 1.39. The number of rotatable bonds is 9. The zero-order valence-electron chi connectivity index (χ0n) is 20.4. The Morgan fingerprint density at radius 1 is 1.24 bits per heavy atom. The van der Waals surface area contributed by atoms with Crippen molar-refractivity contribution in [3.8, 4) is 27.8 Å². The minimum absolute atomic E-state index is 0.0491. The molecule has 11 heteroatoms. The van der Waals surface area contributed by atoms with Crippen LogP contribution in [0.5, 0.6) is 17.4 Å². The van der Waals surface area contributed by atoms with Crippen molar-refractivity contribution in [3.05, 3.63) is 64.6 Å². The van der Waals surface area contributed by atoms with Crippen LogP contribution in [0.25, 0.3) is 20.7 Å². The number of carbonyl (C=O) groups is 1. The molecule has 38 heavy (non-hydrogen) atoms. The first kappa shape index (κ1) is 26.3. The number of hydrogen-bond donors (Lipinski definition) is 1.